The summed E-state index contributed by atoms with van der Waals surface area (Å²) in [5.41, 5.74) is 2.17. The Balaban J connectivity index is 1.44. The van der Waals surface area contributed by atoms with E-state index in [4.69, 9.17) is 11.6 Å². The predicted molar refractivity (Wildman–Crippen MR) is 157 cm³/mol. The molecule has 1 saturated heterocycles. The molecular weight excluding hydrogens is 608 g/mol. The van der Waals surface area contributed by atoms with Crippen LogP contribution in [0.4, 0.5) is 5.00 Å². The number of hydrogen-bond donors (Lipinski definition) is 2. The summed E-state index contributed by atoms with van der Waals surface area (Å²) < 4.78 is 50.1. The summed E-state index contributed by atoms with van der Waals surface area (Å²) in [7, 11) is -7.21. The summed E-state index contributed by atoms with van der Waals surface area (Å²) in [6, 6.07) is 6.53. The van der Waals surface area contributed by atoms with Crippen LogP contribution in [-0.4, -0.2) is 56.2 Å². The molecule has 2 aliphatic rings. The first-order valence-corrected chi connectivity index (χ1v) is 17.8. The van der Waals surface area contributed by atoms with Crippen molar-refractivity contribution in [3.63, 3.8) is 0 Å². The molecule has 5 rings (SSSR count). The summed E-state index contributed by atoms with van der Waals surface area (Å²) in [6.45, 7) is 3.91. The number of nitrogens with one attached hydrogen (secondary N) is 2. The predicted octanol–water partition coefficient (Wildman–Crippen LogP) is 3.77. The third kappa shape index (κ3) is 6.47. The van der Waals surface area contributed by atoms with Gasteiger partial charge in [0.2, 0.25) is 15.0 Å². The molecule has 10 nitrogen and oxygen atoms in total. The number of halogens is 1. The molecule has 0 spiro atoms. The number of hydrogen-bond acceptors (Lipinski definition) is 9. The maximum atomic E-state index is 13.4. The number of amides is 2. The van der Waals surface area contributed by atoms with Crippen molar-refractivity contribution in [2.45, 2.75) is 56.5 Å². The Morgan fingerprint density at radius 3 is 2.63 bits per heavy atom. The topological polar surface area (TPSA) is 152 Å². The first-order valence-electron chi connectivity index (χ1n) is 13.1. The van der Waals surface area contributed by atoms with Gasteiger partial charge in [-0.25, -0.2) is 26.8 Å². The van der Waals surface area contributed by atoms with E-state index in [2.05, 4.69) is 27.5 Å². The van der Waals surface area contributed by atoms with Crippen molar-refractivity contribution >= 4 is 59.4 Å². The highest BCUT2D eigenvalue weighted by Crippen LogP contribution is 2.40. The number of anilines is 1. The Morgan fingerprint density at radius 1 is 1.17 bits per heavy atom. The minimum atomic E-state index is -4.01. The van der Waals surface area contributed by atoms with Crippen molar-refractivity contribution in [1.29, 1.82) is 0 Å². The molecule has 218 valence electrons. The maximum Gasteiger partial charge on any atom is 0.276 e. The van der Waals surface area contributed by atoms with Crippen molar-refractivity contribution in [1.82, 2.24) is 15.3 Å². The molecule has 2 aromatic heterocycles. The molecular formula is C27H29ClN4O6S3. The highest BCUT2D eigenvalue weighted by atomic mass is 35.5. The molecule has 2 unspecified atom stereocenters. The zero-order valence-electron chi connectivity index (χ0n) is 22.4. The zero-order valence-corrected chi connectivity index (χ0v) is 25.6. The summed E-state index contributed by atoms with van der Waals surface area (Å²) in [4.78, 5) is 35.7. The number of fused-ring (bicyclic) bond motifs is 1. The highest BCUT2D eigenvalue weighted by Gasteiger charge is 2.33. The van der Waals surface area contributed by atoms with Gasteiger partial charge in [0.1, 0.15) is 5.00 Å². The lowest BCUT2D eigenvalue weighted by Crippen LogP contribution is -2.36. The van der Waals surface area contributed by atoms with E-state index in [9.17, 15) is 26.4 Å². The van der Waals surface area contributed by atoms with Crippen LogP contribution in [0.1, 0.15) is 62.2 Å². The second-order valence-corrected chi connectivity index (χ2v) is 16.2. The molecule has 1 fully saturated rings. The van der Waals surface area contributed by atoms with Gasteiger partial charge in [0.05, 0.1) is 34.0 Å². The lowest BCUT2D eigenvalue weighted by atomic mass is 9.88. The van der Waals surface area contributed by atoms with Crippen molar-refractivity contribution in [2.75, 3.05) is 16.8 Å². The Labute approximate surface area is 247 Å². The van der Waals surface area contributed by atoms with Crippen LogP contribution in [0.25, 0.3) is 0 Å². The summed E-state index contributed by atoms with van der Waals surface area (Å²) in [6.07, 6.45) is 3.65. The third-order valence-corrected chi connectivity index (χ3v) is 12.0. The Bertz CT molecular complexity index is 1750. The zero-order chi connectivity index (χ0) is 29.5. The second kappa shape index (κ2) is 11.4. The van der Waals surface area contributed by atoms with Gasteiger partial charge in [-0.05, 0) is 55.2 Å². The van der Waals surface area contributed by atoms with Crippen LogP contribution in [0.3, 0.4) is 0 Å². The number of thiophene rings is 1. The molecule has 3 aromatic rings. The molecule has 0 saturated carbocycles. The number of rotatable bonds is 7. The van der Waals surface area contributed by atoms with Crippen molar-refractivity contribution < 1.29 is 26.4 Å². The number of aryl methyl sites for hydroxylation is 1. The fraction of sp³-hybridized carbons (Fsp3) is 0.407. The van der Waals surface area contributed by atoms with Gasteiger partial charge in [0.15, 0.2) is 15.5 Å². The van der Waals surface area contributed by atoms with Crippen LogP contribution in [-0.2, 0) is 38.3 Å². The van der Waals surface area contributed by atoms with Crippen LogP contribution in [0.15, 0.2) is 35.6 Å². The van der Waals surface area contributed by atoms with E-state index in [1.54, 1.807) is 31.2 Å². The Morgan fingerprint density at radius 2 is 1.93 bits per heavy atom. The van der Waals surface area contributed by atoms with E-state index in [-0.39, 0.29) is 33.0 Å². The van der Waals surface area contributed by atoms with Crippen LogP contribution in [0, 0.1) is 12.8 Å². The number of nitrogens with zero attached hydrogens (tertiary/aromatic N) is 2. The molecule has 0 bridgehead atoms. The van der Waals surface area contributed by atoms with E-state index >= 15 is 0 Å². The minimum Gasteiger partial charge on any atom is -0.348 e. The molecule has 2 N–H and O–H groups in total. The van der Waals surface area contributed by atoms with Gasteiger partial charge in [0.25, 0.3) is 11.8 Å². The SMILES string of the molecule is Cc1ccccc1CS(=O)(=O)c1ncc(Cl)c(C(=O)Nc2sc3c(c2C(=O)NC2CCS(=O)(=O)C2)CCC(C)C3)n1. The first-order chi connectivity index (χ1) is 19.3. The van der Waals surface area contributed by atoms with E-state index in [0.717, 1.165) is 35.0 Å². The largest absolute Gasteiger partial charge is 0.348 e. The second-order valence-electron chi connectivity index (χ2n) is 10.6. The molecule has 2 atom stereocenters. The van der Waals surface area contributed by atoms with E-state index < -0.39 is 42.7 Å². The fourth-order valence-corrected chi connectivity index (χ4v) is 9.67. The first kappa shape index (κ1) is 29.6. The van der Waals surface area contributed by atoms with Gasteiger partial charge in [-0.1, -0.05) is 42.8 Å². The monoisotopic (exact) mass is 636 g/mol. The fourth-order valence-electron chi connectivity index (χ4n) is 5.11. The quantitative estimate of drug-likeness (QED) is 0.372. The van der Waals surface area contributed by atoms with E-state index in [1.165, 1.54) is 11.3 Å². The van der Waals surface area contributed by atoms with Crippen molar-refractivity contribution in [3.05, 3.63) is 68.3 Å². The van der Waals surface area contributed by atoms with Gasteiger partial charge < -0.3 is 10.6 Å². The molecule has 1 aliphatic heterocycles. The molecule has 1 aliphatic carbocycles. The van der Waals surface area contributed by atoms with Gasteiger partial charge >= 0.3 is 0 Å². The van der Waals surface area contributed by atoms with Gasteiger partial charge in [-0.15, -0.1) is 11.3 Å². The normalized spacial score (nSPS) is 19.9. The van der Waals surface area contributed by atoms with E-state index in [1.807, 2.05) is 0 Å². The number of benzene rings is 1. The van der Waals surface area contributed by atoms with Crippen LogP contribution in [0.5, 0.6) is 0 Å². The summed E-state index contributed by atoms with van der Waals surface area (Å²) >= 11 is 7.52. The minimum absolute atomic E-state index is 0.0160. The van der Waals surface area contributed by atoms with Crippen LogP contribution in [0.2, 0.25) is 5.02 Å². The summed E-state index contributed by atoms with van der Waals surface area (Å²) in [5, 5.41) is 5.16. The Hall–Kier alpha value is -2.87. The lowest BCUT2D eigenvalue weighted by Gasteiger charge is -2.19. The third-order valence-electron chi connectivity index (χ3n) is 7.36. The average Bonchev–Trinajstić information content (AvgIpc) is 3.43. The number of aromatic nitrogens is 2. The molecule has 0 radical (unpaired) electrons. The van der Waals surface area contributed by atoms with Gasteiger partial charge in [-0.3, -0.25) is 9.59 Å². The van der Waals surface area contributed by atoms with Gasteiger partial charge in [0, 0.05) is 10.9 Å². The molecule has 41 heavy (non-hydrogen) atoms. The standard InChI is InChI=1S/C27H29ClN4O6S3/c1-15-7-8-19-21(11-15)39-26(22(19)24(33)30-18-9-10-40(35,36)14-18)32-25(34)23-20(28)12-29-27(31-23)41(37,38)13-17-6-4-3-5-16(17)2/h3-6,12,15,18H,7-11,13-14H2,1-2H3,(H,30,33)(H,32,34). The van der Waals surface area contributed by atoms with Gasteiger partial charge in [-0.2, -0.15) is 0 Å². The molecule has 14 heteroatoms. The molecule has 2 amide bonds. The number of carbonyl (C=O) groups is 2. The van der Waals surface area contributed by atoms with E-state index in [0.29, 0.717) is 29.9 Å². The summed E-state index contributed by atoms with van der Waals surface area (Å²) in [5.74, 6) is -1.29. The maximum absolute atomic E-state index is 13.4. The smallest absolute Gasteiger partial charge is 0.276 e. The molecule has 1 aromatic carbocycles. The number of carbonyl (C=O) groups excluding carboxylic acids is 2. The van der Waals surface area contributed by atoms with Crippen molar-refractivity contribution in [3.8, 4) is 0 Å². The van der Waals surface area contributed by atoms with Crippen LogP contribution < -0.4 is 10.6 Å². The Kier molecular flexibility index (Phi) is 8.25. The average molecular weight is 637 g/mol. The van der Waals surface area contributed by atoms with Crippen molar-refractivity contribution in [2.24, 2.45) is 5.92 Å². The highest BCUT2D eigenvalue weighted by molar-refractivity contribution is 7.91. The lowest BCUT2D eigenvalue weighted by molar-refractivity contribution is 0.0941. The number of sulfone groups is 2. The van der Waals surface area contributed by atoms with Crippen LogP contribution >= 0.6 is 22.9 Å². The molecule has 3 heterocycles.